The van der Waals surface area contributed by atoms with Gasteiger partial charge in [-0.1, -0.05) is 12.1 Å². The molecule has 0 aliphatic rings. The molecule has 0 aromatic heterocycles. The molecule has 0 unspecified atom stereocenters. The van der Waals surface area contributed by atoms with Gasteiger partial charge in [0.2, 0.25) is 5.91 Å². The summed E-state index contributed by atoms with van der Waals surface area (Å²) in [5.41, 5.74) is 1.33. The summed E-state index contributed by atoms with van der Waals surface area (Å²) in [6.07, 6.45) is 0. The van der Waals surface area contributed by atoms with Gasteiger partial charge in [-0.2, -0.15) is 0 Å². The minimum atomic E-state index is -1.08. The van der Waals surface area contributed by atoms with Crippen molar-refractivity contribution in [1.82, 2.24) is 5.32 Å². The van der Waals surface area contributed by atoms with Crippen LogP contribution in [0.3, 0.4) is 0 Å². The van der Waals surface area contributed by atoms with E-state index >= 15 is 0 Å². The highest BCUT2D eigenvalue weighted by Gasteiger charge is 2.09. The smallest absolute Gasteiger partial charge is 0.251 e. The molecular weight excluding hydrogens is 318 g/mol. The van der Waals surface area contributed by atoms with Gasteiger partial charge in [-0.25, -0.2) is 8.78 Å². The number of ether oxygens (including phenoxy) is 1. The molecule has 0 radical (unpaired) electrons. The molecule has 126 valence electrons. The maximum absolute atomic E-state index is 13.1. The average Bonchev–Trinajstić information content (AvgIpc) is 2.55. The van der Waals surface area contributed by atoms with Gasteiger partial charge in [0.15, 0.2) is 11.6 Å². The summed E-state index contributed by atoms with van der Waals surface area (Å²) in [7, 11) is 1.42. The van der Waals surface area contributed by atoms with Crippen molar-refractivity contribution in [3.63, 3.8) is 0 Å². The highest BCUT2D eigenvalue weighted by atomic mass is 19.2. The molecule has 2 aromatic rings. The van der Waals surface area contributed by atoms with E-state index in [-0.39, 0.29) is 24.6 Å². The van der Waals surface area contributed by atoms with E-state index in [1.54, 1.807) is 24.3 Å². The molecule has 2 aromatic carbocycles. The van der Waals surface area contributed by atoms with Crippen LogP contribution in [0.1, 0.15) is 15.9 Å². The summed E-state index contributed by atoms with van der Waals surface area (Å²) >= 11 is 0. The van der Waals surface area contributed by atoms with Crippen LogP contribution in [0.15, 0.2) is 42.5 Å². The van der Waals surface area contributed by atoms with Crippen molar-refractivity contribution in [2.24, 2.45) is 0 Å². The largest absolute Gasteiger partial charge is 0.375 e. The maximum atomic E-state index is 13.1. The zero-order valence-corrected chi connectivity index (χ0v) is 12.9. The van der Waals surface area contributed by atoms with Gasteiger partial charge in [0, 0.05) is 24.9 Å². The number of carbonyl (C=O) groups excluding carboxylic acids is 2. The van der Waals surface area contributed by atoms with Gasteiger partial charge in [0.1, 0.15) is 6.61 Å². The molecule has 0 saturated carbocycles. The molecule has 24 heavy (non-hydrogen) atoms. The van der Waals surface area contributed by atoms with Crippen LogP contribution in [-0.4, -0.2) is 25.5 Å². The second-order valence-corrected chi connectivity index (χ2v) is 4.99. The molecule has 0 heterocycles. The second-order valence-electron chi connectivity index (χ2n) is 4.99. The Balaban J connectivity index is 1.97. The topological polar surface area (TPSA) is 67.4 Å². The molecule has 2 N–H and O–H groups in total. The standard InChI is InChI=1S/C17H16F2N2O3/c1-24-10-16(22)21-13-4-2-3-11(7-13)9-20-17(23)12-5-6-14(18)15(19)8-12/h2-8H,9-10H2,1H3,(H,20,23)(H,21,22). The summed E-state index contributed by atoms with van der Waals surface area (Å²) in [6.45, 7) is 0.114. The molecule has 7 heteroatoms. The minimum Gasteiger partial charge on any atom is -0.375 e. The third-order valence-corrected chi connectivity index (χ3v) is 3.12. The fourth-order valence-corrected chi connectivity index (χ4v) is 2.01. The van der Waals surface area contributed by atoms with Crippen molar-refractivity contribution < 1.29 is 23.1 Å². The number of amides is 2. The van der Waals surface area contributed by atoms with Crippen LogP contribution in [-0.2, 0) is 16.1 Å². The van der Waals surface area contributed by atoms with E-state index in [2.05, 4.69) is 10.6 Å². The lowest BCUT2D eigenvalue weighted by molar-refractivity contribution is -0.119. The number of anilines is 1. The molecule has 0 saturated heterocycles. The quantitative estimate of drug-likeness (QED) is 0.853. The maximum Gasteiger partial charge on any atom is 0.251 e. The van der Waals surface area contributed by atoms with E-state index in [0.717, 1.165) is 17.7 Å². The molecule has 0 bridgehead atoms. The number of hydrogen-bond acceptors (Lipinski definition) is 3. The summed E-state index contributed by atoms with van der Waals surface area (Å²) < 4.78 is 30.7. The molecule has 0 aliphatic heterocycles. The van der Waals surface area contributed by atoms with Crippen LogP contribution in [0.2, 0.25) is 0 Å². The first-order valence-electron chi connectivity index (χ1n) is 7.10. The Kier molecular flexibility index (Phi) is 5.97. The van der Waals surface area contributed by atoms with Gasteiger partial charge in [-0.3, -0.25) is 9.59 Å². The number of hydrogen-bond donors (Lipinski definition) is 2. The first kappa shape index (κ1) is 17.6. The SMILES string of the molecule is COCC(=O)Nc1cccc(CNC(=O)c2ccc(F)c(F)c2)c1. The van der Waals surface area contributed by atoms with Gasteiger partial charge in [-0.15, -0.1) is 0 Å². The molecule has 0 atom stereocenters. The van der Waals surface area contributed by atoms with E-state index in [0.29, 0.717) is 5.69 Å². The molecule has 0 spiro atoms. The zero-order chi connectivity index (χ0) is 17.5. The first-order valence-corrected chi connectivity index (χ1v) is 7.10. The van der Waals surface area contributed by atoms with Crippen molar-refractivity contribution in [3.05, 3.63) is 65.2 Å². The van der Waals surface area contributed by atoms with Crippen LogP contribution in [0.4, 0.5) is 14.5 Å². The minimum absolute atomic E-state index is 0.0263. The second kappa shape index (κ2) is 8.16. The first-order chi connectivity index (χ1) is 11.5. The lowest BCUT2D eigenvalue weighted by atomic mass is 10.1. The molecule has 5 nitrogen and oxygen atoms in total. The predicted octanol–water partition coefficient (Wildman–Crippen LogP) is 2.48. The molecule has 2 rings (SSSR count). The van der Waals surface area contributed by atoms with Gasteiger partial charge in [0.25, 0.3) is 5.91 Å². The highest BCUT2D eigenvalue weighted by Crippen LogP contribution is 2.12. The van der Waals surface area contributed by atoms with Crippen molar-refractivity contribution in [2.75, 3.05) is 19.0 Å². The Labute approximate surface area is 137 Å². The molecular formula is C17H16F2N2O3. The van der Waals surface area contributed by atoms with E-state index in [1.165, 1.54) is 13.2 Å². The Morgan fingerprint density at radius 1 is 1.08 bits per heavy atom. The van der Waals surface area contributed by atoms with Gasteiger partial charge < -0.3 is 15.4 Å². The van der Waals surface area contributed by atoms with E-state index in [1.807, 2.05) is 0 Å². The van der Waals surface area contributed by atoms with Crippen molar-refractivity contribution >= 4 is 17.5 Å². The predicted molar refractivity (Wildman–Crippen MR) is 84.5 cm³/mol. The normalized spacial score (nSPS) is 10.3. The average molecular weight is 334 g/mol. The fraction of sp³-hybridized carbons (Fsp3) is 0.176. The van der Waals surface area contributed by atoms with Crippen LogP contribution in [0.25, 0.3) is 0 Å². The molecule has 0 fully saturated rings. The lowest BCUT2D eigenvalue weighted by Crippen LogP contribution is -2.23. The Morgan fingerprint density at radius 2 is 1.88 bits per heavy atom. The van der Waals surface area contributed by atoms with Crippen molar-refractivity contribution in [1.29, 1.82) is 0 Å². The fourth-order valence-electron chi connectivity index (χ4n) is 2.01. The van der Waals surface area contributed by atoms with E-state index in [9.17, 15) is 18.4 Å². The van der Waals surface area contributed by atoms with Crippen molar-refractivity contribution in [2.45, 2.75) is 6.54 Å². The number of rotatable bonds is 6. The van der Waals surface area contributed by atoms with Crippen LogP contribution in [0, 0.1) is 11.6 Å². The van der Waals surface area contributed by atoms with E-state index in [4.69, 9.17) is 4.74 Å². The summed E-state index contributed by atoms with van der Waals surface area (Å²) in [4.78, 5) is 23.4. The summed E-state index contributed by atoms with van der Waals surface area (Å²) in [5.74, 6) is -2.90. The number of halogens is 2. The summed E-state index contributed by atoms with van der Waals surface area (Å²) in [6, 6.07) is 9.82. The number of nitrogens with one attached hydrogen (secondary N) is 2. The third-order valence-electron chi connectivity index (χ3n) is 3.12. The Hall–Kier alpha value is -2.80. The highest BCUT2D eigenvalue weighted by molar-refractivity contribution is 5.94. The third kappa shape index (κ3) is 4.85. The monoisotopic (exact) mass is 334 g/mol. The number of benzene rings is 2. The summed E-state index contributed by atoms with van der Waals surface area (Å²) in [5, 5.41) is 5.25. The lowest BCUT2D eigenvalue weighted by Gasteiger charge is -2.09. The van der Waals surface area contributed by atoms with Gasteiger partial charge >= 0.3 is 0 Å². The van der Waals surface area contributed by atoms with Crippen LogP contribution >= 0.6 is 0 Å². The van der Waals surface area contributed by atoms with Crippen LogP contribution < -0.4 is 10.6 Å². The zero-order valence-electron chi connectivity index (χ0n) is 12.9. The van der Waals surface area contributed by atoms with Crippen LogP contribution in [0.5, 0.6) is 0 Å². The molecule has 0 aliphatic carbocycles. The van der Waals surface area contributed by atoms with Crippen molar-refractivity contribution in [3.8, 4) is 0 Å². The number of methoxy groups -OCH3 is 1. The van der Waals surface area contributed by atoms with Gasteiger partial charge in [-0.05, 0) is 35.9 Å². The van der Waals surface area contributed by atoms with E-state index < -0.39 is 17.5 Å². The number of carbonyl (C=O) groups is 2. The Morgan fingerprint density at radius 3 is 2.58 bits per heavy atom. The molecule has 2 amide bonds. The Bertz CT molecular complexity index is 750. The van der Waals surface area contributed by atoms with Gasteiger partial charge in [0.05, 0.1) is 0 Å².